The van der Waals surface area contributed by atoms with E-state index in [9.17, 15) is 10.1 Å². The predicted octanol–water partition coefficient (Wildman–Crippen LogP) is 1.84. The van der Waals surface area contributed by atoms with E-state index in [1.165, 1.54) is 6.07 Å². The second-order valence-corrected chi connectivity index (χ2v) is 4.78. The number of pyridine rings is 1. The molecular formula is C13H19N3O4. The standard InChI is InChI=1S/C13H19N3O4/c1-19-9-11(10-4-7-20-8-5-10)15-13-12(16(17)18)3-2-6-14-13/h2-3,6,10-11H,4-5,7-9H2,1H3,(H,14,15). The van der Waals surface area contributed by atoms with Gasteiger partial charge in [0.15, 0.2) is 0 Å². The zero-order chi connectivity index (χ0) is 14.4. The van der Waals surface area contributed by atoms with Gasteiger partial charge in [-0.2, -0.15) is 0 Å². The maximum atomic E-state index is 11.0. The molecule has 1 fully saturated rings. The molecule has 7 nitrogen and oxygen atoms in total. The Labute approximate surface area is 117 Å². The summed E-state index contributed by atoms with van der Waals surface area (Å²) in [7, 11) is 1.63. The fourth-order valence-corrected chi connectivity index (χ4v) is 2.42. The van der Waals surface area contributed by atoms with Crippen molar-refractivity contribution in [2.45, 2.75) is 18.9 Å². The van der Waals surface area contributed by atoms with Crippen molar-refractivity contribution in [2.24, 2.45) is 5.92 Å². The first-order chi connectivity index (χ1) is 9.72. The number of aromatic nitrogens is 1. The normalized spacial score (nSPS) is 17.6. The first kappa shape index (κ1) is 14.7. The average Bonchev–Trinajstić information content (AvgIpc) is 2.48. The van der Waals surface area contributed by atoms with Gasteiger partial charge in [-0.1, -0.05) is 0 Å². The van der Waals surface area contributed by atoms with Crippen LogP contribution in [0.1, 0.15) is 12.8 Å². The second-order valence-electron chi connectivity index (χ2n) is 4.78. The van der Waals surface area contributed by atoms with Crippen LogP contribution in [0.2, 0.25) is 0 Å². The van der Waals surface area contributed by atoms with Crippen LogP contribution in [0, 0.1) is 16.0 Å². The summed E-state index contributed by atoms with van der Waals surface area (Å²) < 4.78 is 10.6. The third-order valence-corrected chi connectivity index (χ3v) is 3.49. The van der Waals surface area contributed by atoms with E-state index in [1.807, 2.05) is 0 Å². The monoisotopic (exact) mass is 281 g/mol. The molecule has 1 unspecified atom stereocenters. The van der Waals surface area contributed by atoms with E-state index in [0.29, 0.717) is 18.3 Å². The van der Waals surface area contributed by atoms with Crippen molar-refractivity contribution in [2.75, 3.05) is 32.2 Å². The Balaban J connectivity index is 2.13. The minimum atomic E-state index is -0.427. The molecule has 1 aromatic heterocycles. The van der Waals surface area contributed by atoms with E-state index in [0.717, 1.165) is 26.1 Å². The smallest absolute Gasteiger partial charge is 0.311 e. The number of methoxy groups -OCH3 is 1. The van der Waals surface area contributed by atoms with Crippen LogP contribution in [0.4, 0.5) is 11.5 Å². The van der Waals surface area contributed by atoms with E-state index in [1.54, 1.807) is 19.4 Å². The molecule has 2 heterocycles. The third-order valence-electron chi connectivity index (χ3n) is 3.49. The highest BCUT2D eigenvalue weighted by Crippen LogP contribution is 2.26. The molecule has 110 valence electrons. The van der Waals surface area contributed by atoms with Crippen molar-refractivity contribution in [3.05, 3.63) is 28.4 Å². The van der Waals surface area contributed by atoms with Gasteiger partial charge in [0.05, 0.1) is 17.6 Å². The van der Waals surface area contributed by atoms with Gasteiger partial charge < -0.3 is 14.8 Å². The number of hydrogen-bond acceptors (Lipinski definition) is 6. The van der Waals surface area contributed by atoms with Crippen LogP contribution in [0.25, 0.3) is 0 Å². The summed E-state index contributed by atoms with van der Waals surface area (Å²) in [4.78, 5) is 14.7. The third kappa shape index (κ3) is 3.64. The van der Waals surface area contributed by atoms with E-state index < -0.39 is 4.92 Å². The minimum absolute atomic E-state index is 0.00231. The lowest BCUT2D eigenvalue weighted by Gasteiger charge is -2.30. The minimum Gasteiger partial charge on any atom is -0.383 e. The van der Waals surface area contributed by atoms with Gasteiger partial charge in [0.25, 0.3) is 0 Å². The van der Waals surface area contributed by atoms with Gasteiger partial charge in [0, 0.05) is 32.6 Å². The van der Waals surface area contributed by atoms with Gasteiger partial charge in [-0.05, 0) is 24.8 Å². The number of anilines is 1. The first-order valence-corrected chi connectivity index (χ1v) is 6.65. The Hall–Kier alpha value is -1.73. The van der Waals surface area contributed by atoms with Gasteiger partial charge in [-0.15, -0.1) is 0 Å². The molecule has 1 aliphatic rings. The number of nitrogens with one attached hydrogen (secondary N) is 1. The van der Waals surface area contributed by atoms with Crippen molar-refractivity contribution < 1.29 is 14.4 Å². The molecule has 0 amide bonds. The van der Waals surface area contributed by atoms with Crippen LogP contribution < -0.4 is 5.32 Å². The summed E-state index contributed by atoms with van der Waals surface area (Å²) in [6.45, 7) is 1.92. The number of hydrogen-bond donors (Lipinski definition) is 1. The topological polar surface area (TPSA) is 86.5 Å². The van der Waals surface area contributed by atoms with Crippen LogP contribution in [0.15, 0.2) is 18.3 Å². The number of ether oxygens (including phenoxy) is 2. The molecule has 1 aliphatic heterocycles. The van der Waals surface area contributed by atoms with Crippen LogP contribution in [0.5, 0.6) is 0 Å². The zero-order valence-electron chi connectivity index (χ0n) is 11.4. The van der Waals surface area contributed by atoms with Crippen molar-refractivity contribution >= 4 is 11.5 Å². The molecule has 1 aromatic rings. The fraction of sp³-hybridized carbons (Fsp3) is 0.615. The van der Waals surface area contributed by atoms with Crippen molar-refractivity contribution in [3.63, 3.8) is 0 Å². The highest BCUT2D eigenvalue weighted by Gasteiger charge is 2.26. The first-order valence-electron chi connectivity index (χ1n) is 6.65. The molecule has 7 heteroatoms. The van der Waals surface area contributed by atoms with Gasteiger partial charge in [-0.25, -0.2) is 4.98 Å². The lowest BCUT2D eigenvalue weighted by molar-refractivity contribution is -0.384. The molecule has 2 rings (SSSR count). The van der Waals surface area contributed by atoms with E-state index in [4.69, 9.17) is 9.47 Å². The molecule has 0 aromatic carbocycles. The zero-order valence-corrected chi connectivity index (χ0v) is 11.4. The van der Waals surface area contributed by atoms with Gasteiger partial charge in [0.2, 0.25) is 5.82 Å². The van der Waals surface area contributed by atoms with Crippen molar-refractivity contribution in [1.29, 1.82) is 0 Å². The Bertz CT molecular complexity index is 449. The summed E-state index contributed by atoms with van der Waals surface area (Å²) >= 11 is 0. The number of nitrogens with zero attached hydrogens (tertiary/aromatic N) is 2. The number of rotatable bonds is 6. The highest BCUT2D eigenvalue weighted by atomic mass is 16.6. The molecule has 0 saturated carbocycles. The SMILES string of the molecule is COCC(Nc1ncccc1[N+](=O)[O-])C1CCOCC1. The van der Waals surface area contributed by atoms with Gasteiger partial charge >= 0.3 is 5.69 Å². The molecule has 20 heavy (non-hydrogen) atoms. The molecule has 1 N–H and O–H groups in total. The summed E-state index contributed by atoms with van der Waals surface area (Å²) in [6, 6.07) is 3.00. The van der Waals surface area contributed by atoms with E-state index >= 15 is 0 Å². The second kappa shape index (κ2) is 7.16. The summed E-state index contributed by atoms with van der Waals surface area (Å²) in [5.74, 6) is 0.663. The van der Waals surface area contributed by atoms with Crippen LogP contribution in [-0.2, 0) is 9.47 Å². The maximum absolute atomic E-state index is 11.0. The Morgan fingerprint density at radius 2 is 2.35 bits per heavy atom. The van der Waals surface area contributed by atoms with Crippen molar-refractivity contribution in [3.8, 4) is 0 Å². The summed E-state index contributed by atoms with van der Waals surface area (Å²) in [5, 5.41) is 14.2. The Morgan fingerprint density at radius 1 is 1.60 bits per heavy atom. The summed E-state index contributed by atoms with van der Waals surface area (Å²) in [5.41, 5.74) is -0.0133. The maximum Gasteiger partial charge on any atom is 0.311 e. The Morgan fingerprint density at radius 3 is 3.00 bits per heavy atom. The van der Waals surface area contributed by atoms with Gasteiger partial charge in [-0.3, -0.25) is 10.1 Å². The molecule has 1 atom stereocenters. The molecule has 0 radical (unpaired) electrons. The molecular weight excluding hydrogens is 262 g/mol. The fourth-order valence-electron chi connectivity index (χ4n) is 2.42. The lowest BCUT2D eigenvalue weighted by Crippen LogP contribution is -2.37. The van der Waals surface area contributed by atoms with E-state index in [2.05, 4.69) is 10.3 Å². The molecule has 0 aliphatic carbocycles. The largest absolute Gasteiger partial charge is 0.383 e. The average molecular weight is 281 g/mol. The molecule has 0 bridgehead atoms. The van der Waals surface area contributed by atoms with Gasteiger partial charge in [0.1, 0.15) is 0 Å². The van der Waals surface area contributed by atoms with Crippen LogP contribution >= 0.6 is 0 Å². The number of nitro groups is 1. The molecule has 0 spiro atoms. The highest BCUT2D eigenvalue weighted by molar-refractivity contribution is 5.55. The lowest BCUT2D eigenvalue weighted by atomic mass is 9.92. The van der Waals surface area contributed by atoms with Crippen LogP contribution in [0.3, 0.4) is 0 Å². The Kier molecular flexibility index (Phi) is 5.25. The van der Waals surface area contributed by atoms with Crippen molar-refractivity contribution in [1.82, 2.24) is 4.98 Å². The predicted molar refractivity (Wildman–Crippen MR) is 73.7 cm³/mol. The summed E-state index contributed by atoms with van der Waals surface area (Å²) in [6.07, 6.45) is 3.38. The van der Waals surface area contributed by atoms with Crippen LogP contribution in [-0.4, -0.2) is 42.9 Å². The van der Waals surface area contributed by atoms with E-state index in [-0.39, 0.29) is 11.7 Å². The molecule has 1 saturated heterocycles. The quantitative estimate of drug-likeness (QED) is 0.632.